The maximum absolute atomic E-state index is 9.85. The first-order valence-corrected chi connectivity index (χ1v) is 5.57. The number of aryl methyl sites for hydroxylation is 2. The van der Waals surface area contributed by atoms with Gasteiger partial charge >= 0.3 is 0 Å². The van der Waals surface area contributed by atoms with E-state index in [1.54, 1.807) is 6.21 Å². The standard InChI is InChI=1S/C15H15NO.CH3.Cr/c1-11-6-3-4-9-14(11)16-10-13-8-5-7-12(2)15(13)17;;/h3-10,17H,1-2H3;1H3;/q;-1;. The Morgan fingerprint density at radius 2 is 1.58 bits per heavy atom. The molecule has 1 N–H and O–H groups in total. The Balaban J connectivity index is 0.00000162. The first-order chi connectivity index (χ1) is 8.18. The van der Waals surface area contributed by atoms with Crippen LogP contribution in [0.2, 0.25) is 0 Å². The summed E-state index contributed by atoms with van der Waals surface area (Å²) in [6.45, 7) is 3.89. The van der Waals surface area contributed by atoms with Crippen molar-refractivity contribution < 1.29 is 22.5 Å². The van der Waals surface area contributed by atoms with Crippen LogP contribution < -0.4 is 0 Å². The fraction of sp³-hybridized carbons (Fsp3) is 0.125. The van der Waals surface area contributed by atoms with Gasteiger partial charge in [0.2, 0.25) is 0 Å². The molecule has 0 aliphatic heterocycles. The van der Waals surface area contributed by atoms with Gasteiger partial charge in [-0.3, -0.25) is 4.99 Å². The predicted molar refractivity (Wildman–Crippen MR) is 77.7 cm³/mol. The number of para-hydroxylation sites is 2. The zero-order valence-electron chi connectivity index (χ0n) is 11.4. The molecule has 2 rings (SSSR count). The first kappa shape index (κ1) is 17.4. The molecule has 100 valence electrons. The summed E-state index contributed by atoms with van der Waals surface area (Å²) >= 11 is 0. The van der Waals surface area contributed by atoms with Gasteiger partial charge < -0.3 is 12.5 Å². The van der Waals surface area contributed by atoms with E-state index in [2.05, 4.69) is 4.99 Å². The Labute approximate surface area is 126 Å². The van der Waals surface area contributed by atoms with E-state index in [1.807, 2.05) is 56.3 Å². The molecule has 0 bridgehead atoms. The fourth-order valence-electron chi connectivity index (χ4n) is 1.63. The van der Waals surface area contributed by atoms with Crippen molar-refractivity contribution in [1.29, 1.82) is 0 Å². The van der Waals surface area contributed by atoms with Gasteiger partial charge in [0.05, 0.1) is 5.69 Å². The maximum Gasteiger partial charge on any atom is 0.127 e. The number of hydrogen-bond acceptors (Lipinski definition) is 2. The molecule has 0 radical (unpaired) electrons. The molecule has 0 atom stereocenters. The van der Waals surface area contributed by atoms with E-state index in [1.165, 1.54) is 0 Å². The molecule has 0 aliphatic carbocycles. The normalized spacial score (nSPS) is 9.79. The number of rotatable bonds is 2. The van der Waals surface area contributed by atoms with E-state index in [-0.39, 0.29) is 24.8 Å². The van der Waals surface area contributed by atoms with Gasteiger partial charge in [-0.1, -0.05) is 30.3 Å². The molecule has 0 amide bonds. The van der Waals surface area contributed by atoms with Crippen LogP contribution in [0.15, 0.2) is 47.5 Å². The third kappa shape index (κ3) is 4.24. The van der Waals surface area contributed by atoms with Crippen molar-refractivity contribution in [2.45, 2.75) is 13.8 Å². The molecule has 0 heterocycles. The zero-order chi connectivity index (χ0) is 12.3. The molecule has 2 aromatic rings. The summed E-state index contributed by atoms with van der Waals surface area (Å²) in [5.74, 6) is 0.296. The molecule has 0 aliphatic rings. The Morgan fingerprint density at radius 3 is 2.26 bits per heavy atom. The Hall–Kier alpha value is -1.56. The number of benzene rings is 2. The van der Waals surface area contributed by atoms with Crippen LogP contribution in [0.5, 0.6) is 5.75 Å². The predicted octanol–water partition coefficient (Wildman–Crippen LogP) is 4.21. The molecule has 0 fully saturated rings. The molecule has 0 unspecified atom stereocenters. The van der Waals surface area contributed by atoms with Crippen molar-refractivity contribution >= 4 is 11.9 Å². The monoisotopic (exact) mass is 292 g/mol. The van der Waals surface area contributed by atoms with Crippen LogP contribution in [0.1, 0.15) is 16.7 Å². The summed E-state index contributed by atoms with van der Waals surface area (Å²) in [6, 6.07) is 13.6. The van der Waals surface area contributed by atoms with Gasteiger partial charge in [-0.25, -0.2) is 0 Å². The number of hydrogen-bond donors (Lipinski definition) is 1. The van der Waals surface area contributed by atoms with Crippen LogP contribution >= 0.6 is 0 Å². The van der Waals surface area contributed by atoms with Crippen molar-refractivity contribution in [2.24, 2.45) is 4.99 Å². The minimum absolute atomic E-state index is 0. The summed E-state index contributed by atoms with van der Waals surface area (Å²) in [6.07, 6.45) is 1.70. The van der Waals surface area contributed by atoms with Crippen molar-refractivity contribution in [3.63, 3.8) is 0 Å². The van der Waals surface area contributed by atoms with Crippen molar-refractivity contribution in [2.75, 3.05) is 0 Å². The molecule has 2 aromatic carbocycles. The quantitative estimate of drug-likeness (QED) is 0.653. The van der Waals surface area contributed by atoms with Crippen LogP contribution in [0.3, 0.4) is 0 Å². The third-order valence-electron chi connectivity index (χ3n) is 2.73. The summed E-state index contributed by atoms with van der Waals surface area (Å²) in [5, 5.41) is 9.85. The van der Waals surface area contributed by atoms with Gasteiger partial charge in [-0.2, -0.15) is 0 Å². The van der Waals surface area contributed by atoms with Crippen LogP contribution in [-0.2, 0) is 17.4 Å². The van der Waals surface area contributed by atoms with Gasteiger partial charge in [-0.15, -0.1) is 0 Å². The van der Waals surface area contributed by atoms with Gasteiger partial charge in [-0.05, 0) is 37.1 Å². The molecule has 0 saturated carbocycles. The second kappa shape index (κ2) is 7.79. The number of aromatic hydroxyl groups is 1. The van der Waals surface area contributed by atoms with Crippen molar-refractivity contribution in [1.82, 2.24) is 0 Å². The number of nitrogens with zero attached hydrogens (tertiary/aromatic N) is 1. The van der Waals surface area contributed by atoms with Gasteiger partial charge in [0, 0.05) is 29.1 Å². The maximum atomic E-state index is 9.85. The van der Waals surface area contributed by atoms with E-state index in [0.29, 0.717) is 5.75 Å². The van der Waals surface area contributed by atoms with Crippen LogP contribution in [0, 0.1) is 21.3 Å². The Bertz CT molecular complexity index is 564. The van der Waals surface area contributed by atoms with Crippen LogP contribution in [0.4, 0.5) is 5.69 Å². The molecule has 19 heavy (non-hydrogen) atoms. The summed E-state index contributed by atoms with van der Waals surface area (Å²) < 4.78 is 0. The smallest absolute Gasteiger partial charge is 0.127 e. The summed E-state index contributed by atoms with van der Waals surface area (Å²) in [7, 11) is 0. The summed E-state index contributed by atoms with van der Waals surface area (Å²) in [5.41, 5.74) is 3.65. The minimum Gasteiger partial charge on any atom is -0.507 e. The molecular formula is C16H18CrNO-. The van der Waals surface area contributed by atoms with E-state index in [4.69, 9.17) is 0 Å². The van der Waals surface area contributed by atoms with E-state index >= 15 is 0 Å². The fourth-order valence-corrected chi connectivity index (χ4v) is 1.63. The number of phenols is 1. The first-order valence-electron chi connectivity index (χ1n) is 5.57. The Morgan fingerprint density at radius 1 is 0.947 bits per heavy atom. The largest absolute Gasteiger partial charge is 0.507 e. The topological polar surface area (TPSA) is 32.6 Å². The zero-order valence-corrected chi connectivity index (χ0v) is 12.7. The third-order valence-corrected chi connectivity index (χ3v) is 2.73. The average Bonchev–Trinajstić information content (AvgIpc) is 2.33. The average molecular weight is 292 g/mol. The molecule has 2 nitrogen and oxygen atoms in total. The minimum atomic E-state index is 0. The van der Waals surface area contributed by atoms with Gasteiger partial charge in [0.1, 0.15) is 5.75 Å². The second-order valence-corrected chi connectivity index (χ2v) is 4.06. The SMILES string of the molecule is Cc1ccccc1N=Cc1cccc(C)c1O.[CH3-].[Cr]. The van der Waals surface area contributed by atoms with Crippen LogP contribution in [0.25, 0.3) is 0 Å². The Kier molecular flexibility index (Phi) is 7.15. The number of phenolic OH excluding ortho intramolecular Hbond substituents is 1. The molecule has 0 spiro atoms. The molecule has 0 saturated heterocycles. The van der Waals surface area contributed by atoms with Crippen molar-refractivity contribution in [3.8, 4) is 5.75 Å². The van der Waals surface area contributed by atoms with Crippen molar-refractivity contribution in [3.05, 3.63) is 66.6 Å². The second-order valence-electron chi connectivity index (χ2n) is 4.06. The van der Waals surface area contributed by atoms with E-state index in [0.717, 1.165) is 22.4 Å². The number of aliphatic imine (C=N–C) groups is 1. The van der Waals surface area contributed by atoms with Gasteiger partial charge in [0.15, 0.2) is 0 Å². The van der Waals surface area contributed by atoms with E-state index in [9.17, 15) is 5.11 Å². The van der Waals surface area contributed by atoms with Gasteiger partial charge in [0.25, 0.3) is 0 Å². The molecule has 0 aromatic heterocycles. The summed E-state index contributed by atoms with van der Waals surface area (Å²) in [4.78, 5) is 4.39. The molecule has 3 heteroatoms. The van der Waals surface area contributed by atoms with E-state index < -0.39 is 0 Å². The molecular weight excluding hydrogens is 274 g/mol. The van der Waals surface area contributed by atoms with Crippen LogP contribution in [-0.4, -0.2) is 11.3 Å².